The largest absolute Gasteiger partial charge is 0.497 e. The van der Waals surface area contributed by atoms with E-state index in [0.717, 1.165) is 22.6 Å². The zero-order valence-corrected chi connectivity index (χ0v) is 9.40. The van der Waals surface area contributed by atoms with E-state index in [4.69, 9.17) is 10.5 Å². The zero-order chi connectivity index (χ0) is 11.5. The average Bonchev–Trinajstić information content (AvgIpc) is 2.28. The van der Waals surface area contributed by atoms with E-state index in [1.165, 1.54) is 0 Å². The predicted molar refractivity (Wildman–Crippen MR) is 65.4 cm³/mol. The molecule has 1 heterocycles. The number of nitrogens with two attached hydrogens (primary N) is 1. The van der Waals surface area contributed by atoms with Crippen molar-refractivity contribution in [2.45, 2.75) is 6.92 Å². The first kappa shape index (κ1) is 10.5. The topological polar surface area (TPSA) is 48.1 Å². The molecule has 0 aliphatic carbocycles. The number of ether oxygens (including phenoxy) is 1. The monoisotopic (exact) mass is 214 g/mol. The van der Waals surface area contributed by atoms with Crippen molar-refractivity contribution in [3.05, 3.63) is 42.2 Å². The van der Waals surface area contributed by atoms with Crippen molar-refractivity contribution in [1.82, 2.24) is 4.98 Å². The number of rotatable bonds is 2. The standard InChI is InChI=1S/C13H14N2O/c1-9-5-10(3-4-15-9)11-6-12(14)8-13(7-11)16-2/h3-8H,14H2,1-2H3. The van der Waals surface area contributed by atoms with Crippen LogP contribution in [0.1, 0.15) is 5.69 Å². The summed E-state index contributed by atoms with van der Waals surface area (Å²) in [4.78, 5) is 4.17. The molecule has 3 heteroatoms. The third-order valence-corrected chi connectivity index (χ3v) is 2.39. The lowest BCUT2D eigenvalue weighted by molar-refractivity contribution is 0.415. The van der Waals surface area contributed by atoms with Crippen LogP contribution in [0.4, 0.5) is 5.69 Å². The minimum atomic E-state index is 0.698. The van der Waals surface area contributed by atoms with Gasteiger partial charge >= 0.3 is 0 Å². The summed E-state index contributed by atoms with van der Waals surface area (Å²) in [5.74, 6) is 0.768. The van der Waals surface area contributed by atoms with Gasteiger partial charge in [-0.3, -0.25) is 4.98 Å². The number of benzene rings is 1. The van der Waals surface area contributed by atoms with Crippen LogP contribution in [0.25, 0.3) is 11.1 Å². The van der Waals surface area contributed by atoms with Gasteiger partial charge in [0.05, 0.1) is 7.11 Å². The van der Waals surface area contributed by atoms with Gasteiger partial charge in [0, 0.05) is 23.6 Å². The number of aryl methyl sites for hydroxylation is 1. The Labute approximate surface area is 94.9 Å². The first-order valence-corrected chi connectivity index (χ1v) is 5.06. The van der Waals surface area contributed by atoms with E-state index in [1.54, 1.807) is 19.4 Å². The molecule has 0 saturated heterocycles. The highest BCUT2D eigenvalue weighted by atomic mass is 16.5. The number of pyridine rings is 1. The summed E-state index contributed by atoms with van der Waals surface area (Å²) in [7, 11) is 1.64. The second kappa shape index (κ2) is 4.23. The van der Waals surface area contributed by atoms with Crippen molar-refractivity contribution >= 4 is 5.69 Å². The van der Waals surface area contributed by atoms with Gasteiger partial charge in [0.2, 0.25) is 0 Å². The van der Waals surface area contributed by atoms with Crippen LogP contribution in [0.5, 0.6) is 5.75 Å². The number of aromatic nitrogens is 1. The van der Waals surface area contributed by atoms with E-state index in [0.29, 0.717) is 5.69 Å². The van der Waals surface area contributed by atoms with Gasteiger partial charge in [-0.25, -0.2) is 0 Å². The summed E-state index contributed by atoms with van der Waals surface area (Å²) in [5, 5.41) is 0. The van der Waals surface area contributed by atoms with Gasteiger partial charge in [0.1, 0.15) is 5.75 Å². The van der Waals surface area contributed by atoms with Crippen LogP contribution in [0.15, 0.2) is 36.5 Å². The highest BCUT2D eigenvalue weighted by Gasteiger charge is 2.02. The van der Waals surface area contributed by atoms with Crippen LogP contribution in [-0.4, -0.2) is 12.1 Å². The Morgan fingerprint density at radius 2 is 1.94 bits per heavy atom. The van der Waals surface area contributed by atoms with Crippen LogP contribution in [-0.2, 0) is 0 Å². The predicted octanol–water partition coefficient (Wildman–Crippen LogP) is 2.65. The maximum absolute atomic E-state index is 5.81. The lowest BCUT2D eigenvalue weighted by Crippen LogP contribution is -1.90. The van der Waals surface area contributed by atoms with Gasteiger partial charge in [-0.2, -0.15) is 0 Å². The molecule has 1 aromatic heterocycles. The van der Waals surface area contributed by atoms with E-state index < -0.39 is 0 Å². The third kappa shape index (κ3) is 2.14. The van der Waals surface area contributed by atoms with Crippen LogP contribution < -0.4 is 10.5 Å². The Hall–Kier alpha value is -2.03. The van der Waals surface area contributed by atoms with Crippen LogP contribution in [0, 0.1) is 6.92 Å². The fraction of sp³-hybridized carbons (Fsp3) is 0.154. The molecular formula is C13H14N2O. The maximum Gasteiger partial charge on any atom is 0.121 e. The molecule has 2 aromatic rings. The molecule has 3 nitrogen and oxygen atoms in total. The van der Waals surface area contributed by atoms with Crippen LogP contribution in [0.3, 0.4) is 0 Å². The molecule has 0 amide bonds. The Bertz CT molecular complexity index is 509. The molecule has 0 spiro atoms. The van der Waals surface area contributed by atoms with Gasteiger partial charge < -0.3 is 10.5 Å². The number of hydrogen-bond acceptors (Lipinski definition) is 3. The van der Waals surface area contributed by atoms with Crippen LogP contribution >= 0.6 is 0 Å². The van der Waals surface area contributed by atoms with E-state index in [-0.39, 0.29) is 0 Å². The van der Waals surface area contributed by atoms with Gasteiger partial charge in [-0.05, 0) is 42.3 Å². The first-order valence-electron chi connectivity index (χ1n) is 5.06. The summed E-state index contributed by atoms with van der Waals surface area (Å²) in [5.41, 5.74) is 9.64. The number of anilines is 1. The minimum Gasteiger partial charge on any atom is -0.497 e. The fourth-order valence-electron chi connectivity index (χ4n) is 1.63. The molecule has 1 aromatic carbocycles. The molecule has 0 fully saturated rings. The second-order valence-corrected chi connectivity index (χ2v) is 3.68. The molecule has 2 rings (SSSR count). The summed E-state index contributed by atoms with van der Waals surface area (Å²) >= 11 is 0. The maximum atomic E-state index is 5.81. The van der Waals surface area contributed by atoms with E-state index in [2.05, 4.69) is 4.98 Å². The highest BCUT2D eigenvalue weighted by Crippen LogP contribution is 2.27. The molecule has 0 saturated carbocycles. The minimum absolute atomic E-state index is 0.698. The van der Waals surface area contributed by atoms with Crippen molar-refractivity contribution < 1.29 is 4.74 Å². The Morgan fingerprint density at radius 3 is 2.62 bits per heavy atom. The van der Waals surface area contributed by atoms with Crippen molar-refractivity contribution in [1.29, 1.82) is 0 Å². The van der Waals surface area contributed by atoms with Crippen molar-refractivity contribution in [2.75, 3.05) is 12.8 Å². The lowest BCUT2D eigenvalue weighted by atomic mass is 10.1. The molecule has 2 N–H and O–H groups in total. The lowest BCUT2D eigenvalue weighted by Gasteiger charge is -2.07. The van der Waals surface area contributed by atoms with Gasteiger partial charge in [0.15, 0.2) is 0 Å². The van der Waals surface area contributed by atoms with Crippen molar-refractivity contribution in [3.63, 3.8) is 0 Å². The molecule has 16 heavy (non-hydrogen) atoms. The Morgan fingerprint density at radius 1 is 1.12 bits per heavy atom. The second-order valence-electron chi connectivity index (χ2n) is 3.68. The fourth-order valence-corrected chi connectivity index (χ4v) is 1.63. The Balaban J connectivity index is 2.51. The van der Waals surface area contributed by atoms with E-state index >= 15 is 0 Å². The Kier molecular flexibility index (Phi) is 2.77. The van der Waals surface area contributed by atoms with Gasteiger partial charge in [0.25, 0.3) is 0 Å². The molecule has 0 atom stereocenters. The van der Waals surface area contributed by atoms with E-state index in [9.17, 15) is 0 Å². The summed E-state index contributed by atoms with van der Waals surface area (Å²) in [6, 6.07) is 9.68. The quantitative estimate of drug-likeness (QED) is 0.782. The SMILES string of the molecule is COc1cc(N)cc(-c2ccnc(C)c2)c1. The van der Waals surface area contributed by atoms with Crippen molar-refractivity contribution in [2.24, 2.45) is 0 Å². The molecule has 82 valence electrons. The molecule has 0 aliphatic rings. The average molecular weight is 214 g/mol. The molecular weight excluding hydrogens is 200 g/mol. The van der Waals surface area contributed by atoms with Crippen LogP contribution in [0.2, 0.25) is 0 Å². The first-order chi connectivity index (χ1) is 7.69. The van der Waals surface area contributed by atoms with Gasteiger partial charge in [-0.15, -0.1) is 0 Å². The van der Waals surface area contributed by atoms with E-state index in [1.807, 2.05) is 31.2 Å². The molecule has 0 unspecified atom stereocenters. The zero-order valence-electron chi connectivity index (χ0n) is 9.40. The smallest absolute Gasteiger partial charge is 0.121 e. The van der Waals surface area contributed by atoms with Crippen molar-refractivity contribution in [3.8, 4) is 16.9 Å². The number of methoxy groups -OCH3 is 1. The summed E-state index contributed by atoms with van der Waals surface area (Å²) < 4.78 is 5.19. The number of hydrogen-bond donors (Lipinski definition) is 1. The van der Waals surface area contributed by atoms with Gasteiger partial charge in [-0.1, -0.05) is 0 Å². The third-order valence-electron chi connectivity index (χ3n) is 2.39. The highest BCUT2D eigenvalue weighted by molar-refractivity contribution is 5.69. The summed E-state index contributed by atoms with van der Waals surface area (Å²) in [6.45, 7) is 1.97. The number of nitrogen functional groups attached to an aromatic ring is 1. The molecule has 0 radical (unpaired) electrons. The molecule has 0 aliphatic heterocycles. The molecule has 0 bridgehead atoms. The summed E-state index contributed by atoms with van der Waals surface area (Å²) in [6.07, 6.45) is 1.79. The normalized spacial score (nSPS) is 10.1. The number of nitrogens with zero attached hydrogens (tertiary/aromatic N) is 1.